The maximum Gasteiger partial charge on any atom is 0.161 e. The molecule has 0 aliphatic rings. The normalized spacial score (nSPS) is 10.9. The molecule has 6 aromatic rings. The first kappa shape index (κ1) is 42.0. The molecule has 55 heavy (non-hydrogen) atoms. The molecule has 284 valence electrons. The van der Waals surface area contributed by atoms with Crippen molar-refractivity contribution in [1.29, 1.82) is 5.26 Å². The molecule has 2 N–H and O–H groups in total. The molecule has 0 amide bonds. The Hall–Kier alpha value is -5.72. The summed E-state index contributed by atoms with van der Waals surface area (Å²) >= 11 is 1.45. The zero-order valence-electron chi connectivity index (χ0n) is 34.9. The Labute approximate surface area is 331 Å². The van der Waals surface area contributed by atoms with Gasteiger partial charge in [-0.15, -0.1) is 20.5 Å². The number of nitrogens with one attached hydrogen (secondary N) is 2. The number of fused-ring (bicyclic) bond motifs is 1. The average molecular weight is 751 g/mol. The number of nitriles is 1. The molecule has 9 heteroatoms. The predicted molar refractivity (Wildman–Crippen MR) is 235 cm³/mol. The molecule has 0 spiro atoms. The van der Waals surface area contributed by atoms with Gasteiger partial charge in [-0.05, 0) is 154 Å². The first-order valence-electron chi connectivity index (χ1n) is 18.9. The van der Waals surface area contributed by atoms with Gasteiger partial charge in [-0.3, -0.25) is 0 Å². The minimum atomic E-state index is 0.396. The van der Waals surface area contributed by atoms with Crippen LogP contribution in [0.4, 0.5) is 44.4 Å². The number of aromatic nitrogens is 1. The van der Waals surface area contributed by atoms with Crippen LogP contribution in [0.3, 0.4) is 0 Å². The third-order valence-electron chi connectivity index (χ3n) is 10.2. The summed E-state index contributed by atoms with van der Waals surface area (Å²) in [6, 6.07) is 21.8. The molecule has 4 aromatic carbocycles. The maximum atomic E-state index is 10.2. The van der Waals surface area contributed by atoms with Gasteiger partial charge in [-0.1, -0.05) is 75.4 Å². The Kier molecular flexibility index (Phi) is 14.2. The van der Waals surface area contributed by atoms with Crippen molar-refractivity contribution >= 4 is 66.5 Å². The van der Waals surface area contributed by atoms with Crippen molar-refractivity contribution in [2.75, 3.05) is 10.6 Å². The van der Waals surface area contributed by atoms with Crippen molar-refractivity contribution in [3.05, 3.63) is 122 Å². The van der Waals surface area contributed by atoms with Gasteiger partial charge in [-0.2, -0.15) is 5.26 Å². The first-order chi connectivity index (χ1) is 26.4. The lowest BCUT2D eigenvalue weighted by Gasteiger charge is -2.21. The van der Waals surface area contributed by atoms with Crippen LogP contribution in [0.15, 0.2) is 81.1 Å². The highest BCUT2D eigenvalue weighted by atomic mass is 32.1. The molecular formula is C46H54N8S. The molecule has 2 aromatic heterocycles. The van der Waals surface area contributed by atoms with Crippen LogP contribution in [-0.2, 0) is 0 Å². The highest BCUT2D eigenvalue weighted by molar-refractivity contribution is 7.19. The van der Waals surface area contributed by atoms with Gasteiger partial charge in [0.15, 0.2) is 11.6 Å². The van der Waals surface area contributed by atoms with Gasteiger partial charge in [0.05, 0.1) is 11.3 Å². The zero-order chi connectivity index (χ0) is 40.6. The smallest absolute Gasteiger partial charge is 0.161 e. The number of thiophene rings is 1. The highest BCUT2D eigenvalue weighted by Crippen LogP contribution is 2.45. The lowest BCUT2D eigenvalue weighted by molar-refractivity contribution is 1.16. The van der Waals surface area contributed by atoms with Crippen LogP contribution in [0.5, 0.6) is 0 Å². The van der Waals surface area contributed by atoms with Gasteiger partial charge in [0, 0.05) is 16.9 Å². The van der Waals surface area contributed by atoms with Crippen molar-refractivity contribution in [2.45, 2.75) is 96.9 Å². The van der Waals surface area contributed by atoms with Gasteiger partial charge in [0.2, 0.25) is 0 Å². The number of pyridine rings is 1. The van der Waals surface area contributed by atoms with E-state index in [1.165, 1.54) is 49.9 Å². The second-order valence-electron chi connectivity index (χ2n) is 13.1. The fourth-order valence-corrected chi connectivity index (χ4v) is 7.52. The van der Waals surface area contributed by atoms with E-state index >= 15 is 0 Å². The largest absolute Gasteiger partial charge is 0.339 e. The van der Waals surface area contributed by atoms with E-state index in [1.54, 1.807) is 0 Å². The molecule has 0 atom stereocenters. The molecule has 2 heterocycles. The topological polar surface area (TPSA) is 110 Å². The van der Waals surface area contributed by atoms with Crippen LogP contribution in [0.1, 0.15) is 88.9 Å². The highest BCUT2D eigenvalue weighted by Gasteiger charge is 2.21. The third kappa shape index (κ3) is 8.50. The number of aryl methyl sites for hydroxylation is 4. The Morgan fingerprint density at radius 2 is 0.891 bits per heavy atom. The van der Waals surface area contributed by atoms with Crippen LogP contribution in [0.2, 0.25) is 0 Å². The number of hydrogen-bond donors (Lipinski definition) is 2. The summed E-state index contributed by atoms with van der Waals surface area (Å²) < 4.78 is 0. The van der Waals surface area contributed by atoms with E-state index in [1.807, 2.05) is 109 Å². The fraction of sp³-hybridized carbons (Fsp3) is 0.304. The fourth-order valence-electron chi connectivity index (χ4n) is 6.56. The molecule has 0 saturated heterocycles. The number of para-hydroxylation sites is 2. The van der Waals surface area contributed by atoms with Gasteiger partial charge >= 0.3 is 0 Å². The van der Waals surface area contributed by atoms with E-state index in [4.69, 9.17) is 25.4 Å². The standard InChI is InChI=1S/C42H42N8S.2C2H6/c1-22-23(2)25(4)36-31(10)37(27(6)26(5)35(36)24(22)3)47-49-41-28(7)29(8)42(51-41)50-48-38-30(9)34(21-43)39(44-32-17-13-11-14-18-32)46-40(38)45-33-19-15-12-16-20-33;2*1-2/h11-20H,1-10H3,(H2,44,45,46);2*1-2H3. The van der Waals surface area contributed by atoms with E-state index in [-0.39, 0.29) is 0 Å². The molecule has 6 rings (SSSR count). The molecule has 0 unspecified atom stereocenters. The number of anilines is 4. The number of nitrogens with zero attached hydrogens (tertiary/aromatic N) is 6. The van der Waals surface area contributed by atoms with E-state index in [0.29, 0.717) is 28.5 Å². The van der Waals surface area contributed by atoms with Gasteiger partial charge in [0.25, 0.3) is 0 Å². The number of rotatable bonds is 8. The number of hydrogen-bond acceptors (Lipinski definition) is 9. The van der Waals surface area contributed by atoms with Crippen molar-refractivity contribution in [2.24, 2.45) is 20.5 Å². The molecule has 0 aliphatic carbocycles. The third-order valence-corrected chi connectivity index (χ3v) is 11.4. The summed E-state index contributed by atoms with van der Waals surface area (Å²) in [4.78, 5) is 4.85. The zero-order valence-corrected chi connectivity index (χ0v) is 35.7. The minimum absolute atomic E-state index is 0.396. The van der Waals surface area contributed by atoms with Gasteiger partial charge < -0.3 is 10.6 Å². The van der Waals surface area contributed by atoms with Crippen LogP contribution in [0.25, 0.3) is 10.8 Å². The summed E-state index contributed by atoms with van der Waals surface area (Å²) in [6.07, 6.45) is 0. The summed E-state index contributed by atoms with van der Waals surface area (Å²) in [5.41, 5.74) is 14.9. The summed E-state index contributed by atoms with van der Waals surface area (Å²) in [5, 5.41) is 40.2. The lowest BCUT2D eigenvalue weighted by Crippen LogP contribution is -2.04. The minimum Gasteiger partial charge on any atom is -0.339 e. The van der Waals surface area contributed by atoms with E-state index < -0.39 is 0 Å². The molecule has 0 aliphatic heterocycles. The molecular weight excluding hydrogens is 697 g/mol. The quantitative estimate of drug-likeness (QED) is 0.151. The average Bonchev–Trinajstić information content (AvgIpc) is 3.47. The Morgan fingerprint density at radius 1 is 0.473 bits per heavy atom. The molecule has 8 nitrogen and oxygen atoms in total. The Bertz CT molecular complexity index is 2420. The maximum absolute atomic E-state index is 10.2. The summed E-state index contributed by atoms with van der Waals surface area (Å²) in [7, 11) is 0. The van der Waals surface area contributed by atoms with Crippen molar-refractivity contribution in [3.63, 3.8) is 0 Å². The van der Waals surface area contributed by atoms with Gasteiger partial charge in [0.1, 0.15) is 21.8 Å². The van der Waals surface area contributed by atoms with E-state index in [0.717, 1.165) is 49.3 Å². The second kappa shape index (κ2) is 18.5. The SMILES string of the molecule is CC.CC.Cc1c(N=Nc2c(Nc3ccccc3)nc(Nc3ccccc3)c(C#N)c2C)sc(N=Nc2c(C)c(C)c3c(C)c(C)c(C)c(C)c3c2C)c1C. The Balaban J connectivity index is 0.00000163. The van der Waals surface area contributed by atoms with Crippen LogP contribution in [0, 0.1) is 80.6 Å². The van der Waals surface area contributed by atoms with E-state index in [9.17, 15) is 5.26 Å². The molecule has 0 saturated carbocycles. The van der Waals surface area contributed by atoms with Crippen molar-refractivity contribution in [1.82, 2.24) is 4.98 Å². The summed E-state index contributed by atoms with van der Waals surface area (Å²) in [5.74, 6) is 0.925. The lowest BCUT2D eigenvalue weighted by atomic mass is 9.85. The van der Waals surface area contributed by atoms with Crippen LogP contribution in [-0.4, -0.2) is 4.98 Å². The number of benzene rings is 4. The second-order valence-corrected chi connectivity index (χ2v) is 14.1. The molecule has 0 radical (unpaired) electrons. The van der Waals surface area contributed by atoms with Crippen LogP contribution < -0.4 is 10.6 Å². The van der Waals surface area contributed by atoms with E-state index in [2.05, 4.69) is 65.2 Å². The molecule has 0 fully saturated rings. The van der Waals surface area contributed by atoms with Crippen molar-refractivity contribution < 1.29 is 0 Å². The summed E-state index contributed by atoms with van der Waals surface area (Å²) in [6.45, 7) is 29.3. The van der Waals surface area contributed by atoms with Crippen LogP contribution >= 0.6 is 11.3 Å². The van der Waals surface area contributed by atoms with Crippen molar-refractivity contribution in [3.8, 4) is 6.07 Å². The first-order valence-corrected chi connectivity index (χ1v) is 19.8. The monoisotopic (exact) mass is 750 g/mol. The predicted octanol–water partition coefficient (Wildman–Crippen LogP) is 15.6. The molecule has 0 bridgehead atoms. The van der Waals surface area contributed by atoms with Gasteiger partial charge in [-0.25, -0.2) is 4.98 Å². The number of azo groups is 2. The Morgan fingerprint density at radius 3 is 1.36 bits per heavy atom.